The highest BCUT2D eigenvalue weighted by Crippen LogP contribution is 2.29. The SMILES string of the molecule is CCn1c(C(C)NS(=O)(=O)c2c(F)c(F)c(F)c(F)c2F)cnc1Oc1ccc(C)cc1. The van der Waals surface area contributed by atoms with Crippen molar-refractivity contribution >= 4 is 10.0 Å². The van der Waals surface area contributed by atoms with Crippen LogP contribution in [-0.2, 0) is 16.6 Å². The first kappa shape index (κ1) is 23.7. The van der Waals surface area contributed by atoms with Crippen molar-refractivity contribution in [3.63, 3.8) is 0 Å². The molecule has 0 radical (unpaired) electrons. The zero-order valence-electron chi connectivity index (χ0n) is 17.1. The van der Waals surface area contributed by atoms with Gasteiger partial charge in [0.25, 0.3) is 0 Å². The quantitative estimate of drug-likeness (QED) is 0.304. The fraction of sp³-hybridized carbons (Fsp3) is 0.250. The van der Waals surface area contributed by atoms with Gasteiger partial charge in [-0.15, -0.1) is 0 Å². The van der Waals surface area contributed by atoms with Crippen LogP contribution in [0.1, 0.15) is 31.1 Å². The van der Waals surface area contributed by atoms with Crippen LogP contribution in [0.15, 0.2) is 35.4 Å². The predicted octanol–water partition coefficient (Wildman–Crippen LogP) is 4.74. The molecule has 0 aliphatic rings. The van der Waals surface area contributed by atoms with Crippen LogP contribution in [0.5, 0.6) is 11.8 Å². The van der Waals surface area contributed by atoms with Crippen LogP contribution in [0.2, 0.25) is 0 Å². The number of benzene rings is 2. The number of nitrogens with one attached hydrogen (secondary N) is 1. The molecule has 32 heavy (non-hydrogen) atoms. The first-order chi connectivity index (χ1) is 15.0. The fourth-order valence-electron chi connectivity index (χ4n) is 3.00. The second kappa shape index (κ2) is 8.87. The maximum absolute atomic E-state index is 14.0. The highest BCUT2D eigenvalue weighted by molar-refractivity contribution is 7.89. The lowest BCUT2D eigenvalue weighted by atomic mass is 10.2. The van der Waals surface area contributed by atoms with Gasteiger partial charge in [-0.2, -0.15) is 0 Å². The normalized spacial score (nSPS) is 12.8. The Hall–Kier alpha value is -2.99. The minimum Gasteiger partial charge on any atom is -0.426 e. The van der Waals surface area contributed by atoms with E-state index in [9.17, 15) is 30.4 Å². The van der Waals surface area contributed by atoms with E-state index in [1.807, 2.05) is 23.8 Å². The van der Waals surface area contributed by atoms with E-state index in [-0.39, 0.29) is 18.2 Å². The summed E-state index contributed by atoms with van der Waals surface area (Å²) in [5.74, 6) is -11.6. The van der Waals surface area contributed by atoms with Gasteiger partial charge >= 0.3 is 6.01 Å². The van der Waals surface area contributed by atoms with Gasteiger partial charge < -0.3 is 4.74 Å². The van der Waals surface area contributed by atoms with Crippen LogP contribution in [0.3, 0.4) is 0 Å². The van der Waals surface area contributed by atoms with Crippen LogP contribution in [0, 0.1) is 36.0 Å². The minimum absolute atomic E-state index is 0.119. The summed E-state index contributed by atoms with van der Waals surface area (Å²) in [5.41, 5.74) is 1.25. The molecule has 2 aromatic carbocycles. The smallest absolute Gasteiger partial charge is 0.302 e. The molecule has 1 N–H and O–H groups in total. The van der Waals surface area contributed by atoms with Crippen LogP contribution in [0.25, 0.3) is 0 Å². The van der Waals surface area contributed by atoms with Crippen molar-refractivity contribution in [2.45, 2.75) is 38.3 Å². The Kier molecular flexibility index (Phi) is 6.56. The van der Waals surface area contributed by atoms with E-state index in [2.05, 4.69) is 4.98 Å². The van der Waals surface area contributed by atoms with Crippen LogP contribution >= 0.6 is 0 Å². The predicted molar refractivity (Wildman–Crippen MR) is 104 cm³/mol. The molecule has 0 bridgehead atoms. The van der Waals surface area contributed by atoms with Gasteiger partial charge in [0.05, 0.1) is 17.9 Å². The van der Waals surface area contributed by atoms with Crippen molar-refractivity contribution in [2.75, 3.05) is 0 Å². The number of halogens is 5. The molecule has 1 atom stereocenters. The van der Waals surface area contributed by atoms with Crippen LogP contribution < -0.4 is 9.46 Å². The van der Waals surface area contributed by atoms with Crippen LogP contribution in [-0.4, -0.2) is 18.0 Å². The average molecular weight is 475 g/mol. The van der Waals surface area contributed by atoms with Crippen molar-refractivity contribution in [3.8, 4) is 11.8 Å². The molecule has 12 heteroatoms. The van der Waals surface area contributed by atoms with Gasteiger partial charge in [0, 0.05) is 6.54 Å². The van der Waals surface area contributed by atoms with Crippen molar-refractivity contribution in [1.29, 1.82) is 0 Å². The van der Waals surface area contributed by atoms with Gasteiger partial charge in [0.15, 0.2) is 28.2 Å². The molecule has 0 aliphatic carbocycles. The van der Waals surface area contributed by atoms with Crippen molar-refractivity contribution in [1.82, 2.24) is 14.3 Å². The lowest BCUT2D eigenvalue weighted by Crippen LogP contribution is -2.30. The largest absolute Gasteiger partial charge is 0.426 e. The Morgan fingerprint density at radius 2 is 1.53 bits per heavy atom. The molecule has 0 spiro atoms. The molecule has 1 heterocycles. The standard InChI is InChI=1S/C20H18F5N3O3S/c1-4-28-13(9-26-20(28)31-12-7-5-10(2)6-8-12)11(3)27-32(29,30)19-17(24)15(22)14(21)16(23)18(19)25/h5-9,11,27H,4H2,1-3H3. The number of hydrogen-bond acceptors (Lipinski definition) is 4. The number of ether oxygens (including phenoxy) is 1. The molecule has 6 nitrogen and oxygen atoms in total. The van der Waals surface area contributed by atoms with Crippen molar-refractivity contribution < 1.29 is 35.1 Å². The lowest BCUT2D eigenvalue weighted by Gasteiger charge is -2.18. The third-order valence-corrected chi connectivity index (χ3v) is 6.17. The monoisotopic (exact) mass is 475 g/mol. The highest BCUT2D eigenvalue weighted by Gasteiger charge is 2.35. The van der Waals surface area contributed by atoms with Crippen molar-refractivity contribution in [3.05, 3.63) is 70.8 Å². The molecule has 0 amide bonds. The number of rotatable bonds is 7. The van der Waals surface area contributed by atoms with E-state index in [0.717, 1.165) is 5.56 Å². The number of aromatic nitrogens is 2. The Balaban J connectivity index is 1.93. The Morgan fingerprint density at radius 1 is 1.00 bits per heavy atom. The maximum atomic E-state index is 14.0. The van der Waals surface area contributed by atoms with E-state index < -0.39 is 50.0 Å². The molecule has 0 saturated carbocycles. The maximum Gasteiger partial charge on any atom is 0.302 e. The molecular formula is C20H18F5N3O3S. The molecule has 1 aromatic heterocycles. The average Bonchev–Trinajstić information content (AvgIpc) is 3.14. The van der Waals surface area contributed by atoms with E-state index in [1.165, 1.54) is 17.7 Å². The van der Waals surface area contributed by atoms with E-state index in [4.69, 9.17) is 4.74 Å². The third kappa shape index (κ3) is 4.32. The summed E-state index contributed by atoms with van der Waals surface area (Å²) < 4.78 is 102. The number of aryl methyl sites for hydroxylation is 1. The van der Waals surface area contributed by atoms with Crippen molar-refractivity contribution in [2.24, 2.45) is 0 Å². The summed E-state index contributed by atoms with van der Waals surface area (Å²) in [5, 5.41) is 0. The second-order valence-electron chi connectivity index (χ2n) is 6.87. The van der Waals surface area contributed by atoms with Gasteiger partial charge in [0.2, 0.25) is 15.8 Å². The lowest BCUT2D eigenvalue weighted by molar-refractivity contribution is 0.356. The first-order valence-corrected chi connectivity index (χ1v) is 10.8. The van der Waals surface area contributed by atoms with Gasteiger partial charge in [-0.05, 0) is 32.9 Å². The van der Waals surface area contributed by atoms with Gasteiger partial charge in [-0.1, -0.05) is 17.7 Å². The summed E-state index contributed by atoms with van der Waals surface area (Å²) in [6.45, 7) is 5.22. The third-order valence-electron chi connectivity index (χ3n) is 4.61. The number of sulfonamides is 1. The zero-order chi connectivity index (χ0) is 23.8. The molecule has 1 unspecified atom stereocenters. The summed E-state index contributed by atoms with van der Waals surface area (Å²) in [7, 11) is -5.14. The summed E-state index contributed by atoms with van der Waals surface area (Å²) in [6, 6.07) is 6.01. The summed E-state index contributed by atoms with van der Waals surface area (Å²) in [6.07, 6.45) is 1.28. The number of hydrogen-bond donors (Lipinski definition) is 1. The minimum atomic E-state index is -5.14. The topological polar surface area (TPSA) is 73.2 Å². The fourth-order valence-corrected chi connectivity index (χ4v) is 4.36. The summed E-state index contributed by atoms with van der Waals surface area (Å²) in [4.78, 5) is 2.13. The number of nitrogens with zero attached hydrogens (tertiary/aromatic N) is 2. The first-order valence-electron chi connectivity index (χ1n) is 9.31. The van der Waals surface area contributed by atoms with E-state index >= 15 is 0 Å². The number of imidazole rings is 1. The molecular weight excluding hydrogens is 457 g/mol. The molecule has 0 saturated heterocycles. The van der Waals surface area contributed by atoms with Crippen LogP contribution in [0.4, 0.5) is 22.0 Å². The molecule has 3 rings (SSSR count). The summed E-state index contributed by atoms with van der Waals surface area (Å²) >= 11 is 0. The Morgan fingerprint density at radius 3 is 2.06 bits per heavy atom. The molecule has 0 fully saturated rings. The van der Waals surface area contributed by atoms with Gasteiger partial charge in [0.1, 0.15) is 5.75 Å². The van der Waals surface area contributed by atoms with E-state index in [1.54, 1.807) is 19.1 Å². The Bertz CT molecular complexity index is 1230. The highest BCUT2D eigenvalue weighted by atomic mass is 32.2. The van der Waals surface area contributed by atoms with Gasteiger partial charge in [-0.3, -0.25) is 4.57 Å². The zero-order valence-corrected chi connectivity index (χ0v) is 17.9. The van der Waals surface area contributed by atoms with Gasteiger partial charge in [-0.25, -0.2) is 40.1 Å². The molecule has 0 aliphatic heterocycles. The molecule has 3 aromatic rings. The Labute approximate surface area is 180 Å². The van der Waals surface area contributed by atoms with E-state index in [0.29, 0.717) is 5.75 Å². The second-order valence-corrected chi connectivity index (χ2v) is 8.52. The molecule has 172 valence electrons.